The number of hydrogen-bond acceptors (Lipinski definition) is 3. The highest BCUT2D eigenvalue weighted by atomic mass is 32.1. The molecular weight excluding hydrogens is 416 g/mol. The van der Waals surface area contributed by atoms with Crippen LogP contribution in [0, 0.1) is 5.92 Å². The molecule has 0 atom stereocenters. The Kier molecular flexibility index (Phi) is 8.81. The molecule has 0 aliphatic carbocycles. The first-order valence-corrected chi connectivity index (χ1v) is 11.8. The molecule has 0 fully saturated rings. The molecule has 0 saturated heterocycles. The first-order chi connectivity index (χ1) is 15.5. The Morgan fingerprint density at radius 2 is 1.56 bits per heavy atom. The van der Waals surface area contributed by atoms with Crippen LogP contribution >= 0.6 is 11.3 Å². The molecule has 0 bridgehead atoms. The lowest BCUT2D eigenvalue weighted by molar-refractivity contribution is -0.139. The van der Waals surface area contributed by atoms with Gasteiger partial charge in [-0.05, 0) is 34.6 Å². The normalized spacial score (nSPS) is 11.1. The van der Waals surface area contributed by atoms with Crippen molar-refractivity contribution in [3.8, 4) is 0 Å². The van der Waals surface area contributed by atoms with Crippen molar-refractivity contribution in [1.29, 1.82) is 0 Å². The summed E-state index contributed by atoms with van der Waals surface area (Å²) in [6, 6.07) is 23.7. The monoisotopic (exact) mass is 446 g/mol. The van der Waals surface area contributed by atoms with E-state index in [9.17, 15) is 9.59 Å². The van der Waals surface area contributed by atoms with Crippen LogP contribution in [0.5, 0.6) is 0 Å². The predicted molar refractivity (Wildman–Crippen MR) is 132 cm³/mol. The van der Waals surface area contributed by atoms with Gasteiger partial charge in [0, 0.05) is 24.0 Å². The summed E-state index contributed by atoms with van der Waals surface area (Å²) in [6.07, 6.45) is 3.36. The lowest BCUT2D eigenvalue weighted by Gasteiger charge is -2.28. The van der Waals surface area contributed by atoms with Crippen LogP contribution in [-0.4, -0.2) is 34.7 Å². The molecule has 2 amide bonds. The van der Waals surface area contributed by atoms with Gasteiger partial charge in [-0.25, -0.2) is 0 Å². The van der Waals surface area contributed by atoms with Crippen molar-refractivity contribution in [2.45, 2.75) is 26.9 Å². The molecule has 0 aliphatic rings. The van der Waals surface area contributed by atoms with E-state index in [1.807, 2.05) is 83.1 Å². The van der Waals surface area contributed by atoms with Crippen LogP contribution in [0.2, 0.25) is 0 Å². The highest BCUT2D eigenvalue weighted by molar-refractivity contribution is 7.09. The Labute approximate surface area is 194 Å². The molecule has 0 spiro atoms. The van der Waals surface area contributed by atoms with Crippen LogP contribution in [0.3, 0.4) is 0 Å². The zero-order chi connectivity index (χ0) is 22.8. The van der Waals surface area contributed by atoms with Gasteiger partial charge < -0.3 is 9.80 Å². The molecule has 2 aromatic carbocycles. The maximum Gasteiger partial charge on any atom is 0.247 e. The third kappa shape index (κ3) is 7.50. The van der Waals surface area contributed by atoms with Crippen molar-refractivity contribution < 1.29 is 9.59 Å². The Hall–Kier alpha value is -3.18. The van der Waals surface area contributed by atoms with E-state index in [1.54, 1.807) is 28.4 Å². The Morgan fingerprint density at radius 3 is 2.19 bits per heavy atom. The first kappa shape index (κ1) is 23.5. The van der Waals surface area contributed by atoms with Crippen LogP contribution in [-0.2, 0) is 22.7 Å². The Balaban J connectivity index is 1.74. The van der Waals surface area contributed by atoms with E-state index < -0.39 is 0 Å². The molecule has 0 saturated carbocycles. The fraction of sp³-hybridized carbons (Fsp3) is 0.259. The summed E-state index contributed by atoms with van der Waals surface area (Å²) >= 11 is 1.64. The zero-order valence-corrected chi connectivity index (χ0v) is 19.5. The summed E-state index contributed by atoms with van der Waals surface area (Å²) in [4.78, 5) is 30.9. The zero-order valence-electron chi connectivity index (χ0n) is 18.7. The summed E-state index contributed by atoms with van der Waals surface area (Å²) in [5.41, 5.74) is 2.03. The number of benzene rings is 2. The summed E-state index contributed by atoms with van der Waals surface area (Å²) in [5, 5.41) is 2.02. The summed E-state index contributed by atoms with van der Waals surface area (Å²) in [6.45, 7) is 5.75. The molecule has 32 heavy (non-hydrogen) atoms. The third-order valence-electron chi connectivity index (χ3n) is 4.94. The minimum atomic E-state index is -0.147. The summed E-state index contributed by atoms with van der Waals surface area (Å²) in [5.74, 6) is 0.0628. The van der Waals surface area contributed by atoms with Gasteiger partial charge in [-0.3, -0.25) is 9.59 Å². The van der Waals surface area contributed by atoms with E-state index in [2.05, 4.69) is 13.8 Å². The summed E-state index contributed by atoms with van der Waals surface area (Å²) in [7, 11) is 0. The second-order valence-electron chi connectivity index (χ2n) is 8.17. The molecule has 0 aliphatic heterocycles. The van der Waals surface area contributed by atoms with Crippen LogP contribution in [0.1, 0.15) is 29.9 Å². The van der Waals surface area contributed by atoms with Crippen LogP contribution < -0.4 is 0 Å². The fourth-order valence-electron chi connectivity index (χ4n) is 3.40. The highest BCUT2D eigenvalue weighted by Gasteiger charge is 2.21. The maximum absolute atomic E-state index is 13.4. The maximum atomic E-state index is 13.4. The van der Waals surface area contributed by atoms with Gasteiger partial charge in [0.05, 0.1) is 6.54 Å². The van der Waals surface area contributed by atoms with Gasteiger partial charge in [-0.2, -0.15) is 0 Å². The van der Waals surface area contributed by atoms with E-state index in [0.29, 0.717) is 19.6 Å². The van der Waals surface area contributed by atoms with Crippen molar-refractivity contribution in [2.75, 3.05) is 13.1 Å². The number of carbonyl (C=O) groups excluding carboxylic acids is 2. The quantitative estimate of drug-likeness (QED) is 0.387. The van der Waals surface area contributed by atoms with Crippen molar-refractivity contribution in [3.05, 3.63) is 100 Å². The average molecular weight is 447 g/mol. The molecule has 1 heterocycles. The number of nitrogens with zero attached hydrogens (tertiary/aromatic N) is 2. The highest BCUT2D eigenvalue weighted by Crippen LogP contribution is 2.16. The molecule has 3 rings (SSSR count). The number of carbonyl (C=O) groups is 2. The second-order valence-corrected chi connectivity index (χ2v) is 9.20. The summed E-state index contributed by atoms with van der Waals surface area (Å²) < 4.78 is 0. The van der Waals surface area contributed by atoms with Gasteiger partial charge in [-0.15, -0.1) is 11.3 Å². The van der Waals surface area contributed by atoms with Crippen molar-refractivity contribution in [1.82, 2.24) is 9.80 Å². The first-order valence-electron chi connectivity index (χ1n) is 10.9. The van der Waals surface area contributed by atoms with Crippen molar-refractivity contribution >= 4 is 29.2 Å². The lowest BCUT2D eigenvalue weighted by atomic mass is 10.1. The van der Waals surface area contributed by atoms with Gasteiger partial charge in [0.15, 0.2) is 0 Å². The van der Waals surface area contributed by atoms with Crippen LogP contribution in [0.25, 0.3) is 6.08 Å². The Morgan fingerprint density at radius 1 is 0.875 bits per heavy atom. The minimum absolute atomic E-state index is 0.0515. The minimum Gasteiger partial charge on any atom is -0.332 e. The molecule has 0 N–H and O–H groups in total. The molecule has 166 valence electrons. The molecule has 0 radical (unpaired) electrons. The smallest absolute Gasteiger partial charge is 0.247 e. The Bertz CT molecular complexity index is 999. The average Bonchev–Trinajstić information content (AvgIpc) is 3.31. The number of thiophene rings is 1. The van der Waals surface area contributed by atoms with Gasteiger partial charge >= 0.3 is 0 Å². The van der Waals surface area contributed by atoms with E-state index in [-0.39, 0.29) is 24.3 Å². The predicted octanol–water partition coefficient (Wildman–Crippen LogP) is 5.47. The standard InChI is InChI=1S/C27H30N2O2S/c1-22(2)18-28(26(30)16-15-23-10-5-3-6-11-23)21-27(31)29(20-25-14-9-17-32-25)19-24-12-7-4-8-13-24/h3-17,22H,18-21H2,1-2H3. The van der Waals surface area contributed by atoms with Crippen molar-refractivity contribution in [2.24, 2.45) is 5.92 Å². The third-order valence-corrected chi connectivity index (χ3v) is 5.80. The topological polar surface area (TPSA) is 40.6 Å². The molecular formula is C27H30N2O2S. The fourth-order valence-corrected chi connectivity index (χ4v) is 4.12. The molecule has 4 nitrogen and oxygen atoms in total. The second kappa shape index (κ2) is 12.0. The number of rotatable bonds is 10. The largest absolute Gasteiger partial charge is 0.332 e. The molecule has 3 aromatic rings. The van der Waals surface area contributed by atoms with Gasteiger partial charge in [0.25, 0.3) is 0 Å². The van der Waals surface area contributed by atoms with E-state index in [0.717, 1.165) is 16.0 Å². The lowest BCUT2D eigenvalue weighted by Crippen LogP contribution is -2.43. The van der Waals surface area contributed by atoms with E-state index in [4.69, 9.17) is 0 Å². The van der Waals surface area contributed by atoms with Crippen LogP contribution in [0.15, 0.2) is 84.3 Å². The number of hydrogen-bond donors (Lipinski definition) is 0. The SMILES string of the molecule is CC(C)CN(CC(=O)N(Cc1ccccc1)Cc1cccs1)C(=O)C=Cc1ccccc1. The van der Waals surface area contributed by atoms with Gasteiger partial charge in [0.1, 0.15) is 6.54 Å². The van der Waals surface area contributed by atoms with Gasteiger partial charge in [-0.1, -0.05) is 80.6 Å². The molecule has 1 aromatic heterocycles. The molecule has 5 heteroatoms. The van der Waals surface area contributed by atoms with Crippen LogP contribution in [0.4, 0.5) is 0 Å². The van der Waals surface area contributed by atoms with Gasteiger partial charge in [0.2, 0.25) is 11.8 Å². The number of amides is 2. The van der Waals surface area contributed by atoms with Crippen molar-refractivity contribution in [3.63, 3.8) is 0 Å². The molecule has 0 unspecified atom stereocenters. The van der Waals surface area contributed by atoms with E-state index in [1.165, 1.54) is 0 Å². The van der Waals surface area contributed by atoms with E-state index >= 15 is 0 Å².